The summed E-state index contributed by atoms with van der Waals surface area (Å²) in [5.41, 5.74) is -0.609. The van der Waals surface area contributed by atoms with Gasteiger partial charge in [-0.25, -0.2) is 0 Å². The molecule has 0 saturated heterocycles. The zero-order valence-corrected chi connectivity index (χ0v) is 20.6. The van der Waals surface area contributed by atoms with Crippen LogP contribution in [0.25, 0.3) is 0 Å². The zero-order valence-electron chi connectivity index (χ0n) is 20.6. The molecule has 8 atom stereocenters. The molecule has 0 spiro atoms. The molecule has 1 aromatic heterocycles. The lowest BCUT2D eigenvalue weighted by atomic mass is 9.38. The lowest BCUT2D eigenvalue weighted by Gasteiger charge is -2.67. The van der Waals surface area contributed by atoms with Crippen LogP contribution < -0.4 is 0 Å². The number of carbonyl (C=O) groups is 2. The van der Waals surface area contributed by atoms with Gasteiger partial charge >= 0.3 is 5.97 Å². The molecule has 4 aliphatic rings. The van der Waals surface area contributed by atoms with Gasteiger partial charge in [0.25, 0.3) is 0 Å². The topological polar surface area (TPSA) is 76.7 Å². The first kappa shape index (κ1) is 22.6. The summed E-state index contributed by atoms with van der Waals surface area (Å²) in [7, 11) is 0. The van der Waals surface area contributed by atoms with Crippen LogP contribution in [0.3, 0.4) is 0 Å². The lowest BCUT2D eigenvalue weighted by Crippen LogP contribution is -2.70. The van der Waals surface area contributed by atoms with E-state index < -0.39 is 34.4 Å². The Kier molecular flexibility index (Phi) is 4.76. The Morgan fingerprint density at radius 2 is 1.94 bits per heavy atom. The Morgan fingerprint density at radius 1 is 1.21 bits per heavy atom. The maximum atomic E-state index is 13.0. The lowest BCUT2D eigenvalue weighted by molar-refractivity contribution is -0.228. The summed E-state index contributed by atoms with van der Waals surface area (Å²) in [6.45, 7) is 11.9. The molecule has 8 unspecified atom stereocenters. The minimum atomic E-state index is -0.899. The predicted octanol–water partition coefficient (Wildman–Crippen LogP) is 5.21. The average molecular weight is 453 g/mol. The van der Waals surface area contributed by atoms with Gasteiger partial charge in [0.05, 0.1) is 6.26 Å². The molecule has 178 valence electrons. The molecule has 0 bridgehead atoms. The molecule has 0 radical (unpaired) electrons. The number of ether oxygens (including phenoxy) is 1. The van der Waals surface area contributed by atoms with Crippen LogP contribution in [0.1, 0.15) is 72.5 Å². The molecule has 1 aromatic rings. The number of furan rings is 1. The zero-order chi connectivity index (χ0) is 24.0. The fraction of sp³-hybridized carbons (Fsp3) is 0.643. The molecule has 0 aliphatic heterocycles. The number of fused-ring (bicyclic) bond motifs is 5. The van der Waals surface area contributed by atoms with Crippen molar-refractivity contribution in [2.24, 2.45) is 33.5 Å². The maximum absolute atomic E-state index is 13.0. The van der Waals surface area contributed by atoms with Gasteiger partial charge in [0.1, 0.15) is 18.0 Å². The third kappa shape index (κ3) is 2.75. The second kappa shape index (κ2) is 6.94. The number of aliphatic hydroxyl groups excluding tert-OH is 1. The van der Waals surface area contributed by atoms with E-state index in [2.05, 4.69) is 39.0 Å². The van der Waals surface area contributed by atoms with Gasteiger partial charge in [0.2, 0.25) is 0 Å². The maximum Gasteiger partial charge on any atom is 0.303 e. The fourth-order valence-corrected chi connectivity index (χ4v) is 8.68. The first-order chi connectivity index (χ1) is 15.4. The van der Waals surface area contributed by atoms with Crippen molar-refractivity contribution >= 4 is 11.8 Å². The van der Waals surface area contributed by atoms with E-state index in [9.17, 15) is 14.7 Å². The van der Waals surface area contributed by atoms with E-state index in [1.54, 1.807) is 12.3 Å². The van der Waals surface area contributed by atoms with Crippen LogP contribution in [0.5, 0.6) is 0 Å². The molecule has 1 N–H and O–H groups in total. The van der Waals surface area contributed by atoms with Crippen LogP contribution in [0.15, 0.2) is 46.6 Å². The molecule has 4 aliphatic carbocycles. The molecule has 1 heterocycles. The smallest absolute Gasteiger partial charge is 0.303 e. The van der Waals surface area contributed by atoms with Crippen molar-refractivity contribution in [2.75, 3.05) is 0 Å². The van der Waals surface area contributed by atoms with E-state index >= 15 is 0 Å². The molecule has 5 heteroatoms. The van der Waals surface area contributed by atoms with Crippen molar-refractivity contribution in [3.8, 4) is 0 Å². The third-order valence-electron chi connectivity index (χ3n) is 10.1. The van der Waals surface area contributed by atoms with Gasteiger partial charge in [-0.3, -0.25) is 9.59 Å². The van der Waals surface area contributed by atoms with E-state index in [0.29, 0.717) is 0 Å². The summed E-state index contributed by atoms with van der Waals surface area (Å²) in [5.74, 6) is 0.637. The number of hydrogen-bond donors (Lipinski definition) is 1. The Bertz CT molecular complexity index is 1050. The first-order valence-electron chi connectivity index (χ1n) is 12.2. The van der Waals surface area contributed by atoms with Crippen molar-refractivity contribution < 1.29 is 23.8 Å². The molecule has 2 fully saturated rings. The summed E-state index contributed by atoms with van der Waals surface area (Å²) in [4.78, 5) is 25.2. The number of rotatable bonds is 2. The number of hydrogen-bond acceptors (Lipinski definition) is 5. The van der Waals surface area contributed by atoms with Gasteiger partial charge < -0.3 is 14.3 Å². The highest BCUT2D eigenvalue weighted by molar-refractivity contribution is 5.96. The average Bonchev–Trinajstić information content (AvgIpc) is 3.36. The Labute approximate surface area is 196 Å². The summed E-state index contributed by atoms with van der Waals surface area (Å²) in [5, 5.41) is 12.0. The minimum Gasteiger partial charge on any atom is -0.469 e. The highest BCUT2D eigenvalue weighted by Gasteiger charge is 2.71. The second-order valence-corrected chi connectivity index (χ2v) is 12.0. The van der Waals surface area contributed by atoms with Crippen LogP contribution in [-0.2, 0) is 14.3 Å². The van der Waals surface area contributed by atoms with Gasteiger partial charge in [-0.05, 0) is 54.2 Å². The summed E-state index contributed by atoms with van der Waals surface area (Å²) >= 11 is 0. The SMILES string of the molecule is CC(=O)OC1C2C(C)(C)C(=O)C=CC2(C)C2CCC3(C)C(=CCC3c3ccco3)C2(C)C1O. The van der Waals surface area contributed by atoms with Gasteiger partial charge in [0, 0.05) is 29.6 Å². The van der Waals surface area contributed by atoms with Crippen LogP contribution in [-0.4, -0.2) is 29.1 Å². The van der Waals surface area contributed by atoms with Crippen molar-refractivity contribution in [3.05, 3.63) is 48.0 Å². The number of ketones is 1. The monoisotopic (exact) mass is 452 g/mol. The summed E-state index contributed by atoms with van der Waals surface area (Å²) in [6, 6.07) is 3.99. The quantitative estimate of drug-likeness (QED) is 0.492. The first-order valence-corrected chi connectivity index (χ1v) is 12.2. The summed E-state index contributed by atoms with van der Waals surface area (Å²) < 4.78 is 11.7. The normalized spacial score (nSPS) is 45.6. The fourth-order valence-electron chi connectivity index (χ4n) is 8.68. The molecule has 33 heavy (non-hydrogen) atoms. The Morgan fingerprint density at radius 3 is 2.58 bits per heavy atom. The van der Waals surface area contributed by atoms with E-state index in [-0.39, 0.29) is 29.0 Å². The summed E-state index contributed by atoms with van der Waals surface area (Å²) in [6.07, 6.45) is 8.93. The van der Waals surface area contributed by atoms with E-state index in [1.807, 2.05) is 19.9 Å². The van der Waals surface area contributed by atoms with Crippen LogP contribution in [0.4, 0.5) is 0 Å². The van der Waals surface area contributed by atoms with Crippen LogP contribution in [0.2, 0.25) is 0 Å². The van der Waals surface area contributed by atoms with Gasteiger partial charge in [0.15, 0.2) is 5.78 Å². The minimum absolute atomic E-state index is 0.0246. The van der Waals surface area contributed by atoms with E-state index in [0.717, 1.165) is 25.0 Å². The van der Waals surface area contributed by atoms with Crippen molar-refractivity contribution in [2.45, 2.75) is 78.9 Å². The van der Waals surface area contributed by atoms with Crippen molar-refractivity contribution in [1.29, 1.82) is 0 Å². The molecule has 2 saturated carbocycles. The van der Waals surface area contributed by atoms with Gasteiger partial charge in [-0.1, -0.05) is 52.3 Å². The van der Waals surface area contributed by atoms with E-state index in [4.69, 9.17) is 9.15 Å². The van der Waals surface area contributed by atoms with Crippen molar-refractivity contribution in [1.82, 2.24) is 0 Å². The number of esters is 1. The van der Waals surface area contributed by atoms with Crippen LogP contribution >= 0.6 is 0 Å². The molecule has 5 nitrogen and oxygen atoms in total. The molecule has 5 rings (SSSR count). The Balaban J connectivity index is 1.67. The number of allylic oxidation sites excluding steroid dienone is 3. The number of carbonyl (C=O) groups excluding carboxylic acids is 2. The highest BCUT2D eigenvalue weighted by Crippen LogP contribution is 2.72. The third-order valence-corrected chi connectivity index (χ3v) is 10.1. The molecule has 0 aromatic carbocycles. The number of aliphatic hydroxyl groups is 1. The van der Waals surface area contributed by atoms with Crippen LogP contribution in [0, 0.1) is 33.5 Å². The highest BCUT2D eigenvalue weighted by atomic mass is 16.6. The van der Waals surface area contributed by atoms with Gasteiger partial charge in [-0.2, -0.15) is 0 Å². The van der Waals surface area contributed by atoms with Gasteiger partial charge in [-0.15, -0.1) is 0 Å². The van der Waals surface area contributed by atoms with E-state index in [1.165, 1.54) is 12.5 Å². The second-order valence-electron chi connectivity index (χ2n) is 12.0. The molecular formula is C28H36O5. The predicted molar refractivity (Wildman–Crippen MR) is 124 cm³/mol. The molecule has 0 amide bonds. The standard InChI is InChI=1S/C28H36O5/c1-16(29)33-22-23-25(2,3)21(30)12-14-27(23,5)20-11-13-26(4)17(18-8-7-15-32-18)9-10-19(26)28(20,6)24(22)31/h7-8,10,12,14-15,17,20,22-24,31H,9,11,13H2,1-6H3. The Hall–Kier alpha value is -2.14. The molecular weight excluding hydrogens is 416 g/mol. The largest absolute Gasteiger partial charge is 0.469 e. The van der Waals surface area contributed by atoms with Crippen molar-refractivity contribution in [3.63, 3.8) is 0 Å².